The zero-order chi connectivity index (χ0) is 13.3. The first-order valence-corrected chi connectivity index (χ1v) is 7.27. The molecule has 0 atom stereocenters. The summed E-state index contributed by atoms with van der Waals surface area (Å²) in [5.41, 5.74) is 3.12. The van der Waals surface area contributed by atoms with Crippen LogP contribution in [-0.4, -0.2) is 15.0 Å². The van der Waals surface area contributed by atoms with Gasteiger partial charge in [0.2, 0.25) is 0 Å². The molecule has 6 heteroatoms. The molecule has 3 nitrogen and oxygen atoms in total. The van der Waals surface area contributed by atoms with Crippen molar-refractivity contribution in [2.45, 2.75) is 31.0 Å². The van der Waals surface area contributed by atoms with Crippen LogP contribution in [0.25, 0.3) is 0 Å². The van der Waals surface area contributed by atoms with Gasteiger partial charge in [-0.15, -0.1) is 0 Å². The molecule has 0 saturated carbocycles. The van der Waals surface area contributed by atoms with Crippen LogP contribution in [0.3, 0.4) is 0 Å². The van der Waals surface area contributed by atoms with Crippen molar-refractivity contribution in [3.63, 3.8) is 0 Å². The summed E-state index contributed by atoms with van der Waals surface area (Å²) in [5.74, 6) is 0. The Balaban J connectivity index is 2.34. The predicted octanol–water partition coefficient (Wildman–Crippen LogP) is 4.36. The maximum atomic E-state index is 5.86. The number of nitrogens with zero attached hydrogens (tertiary/aromatic N) is 3. The molecule has 0 amide bonds. The fraction of sp³-hybridized carbons (Fsp3) is 0.250. The standard InChI is InChI=1S/C12H11BrClN3S/c1-6-7(2)16-12(17-8(6)3)18-11-10(13)4-9(14)5-15-11/h4-5H,1-3H3. The van der Waals surface area contributed by atoms with E-state index in [4.69, 9.17) is 11.6 Å². The minimum atomic E-state index is 0.600. The maximum Gasteiger partial charge on any atom is 0.194 e. The third-order valence-electron chi connectivity index (χ3n) is 2.57. The van der Waals surface area contributed by atoms with E-state index < -0.39 is 0 Å². The van der Waals surface area contributed by atoms with Gasteiger partial charge in [0, 0.05) is 17.6 Å². The first kappa shape index (κ1) is 13.8. The van der Waals surface area contributed by atoms with E-state index in [9.17, 15) is 0 Å². The zero-order valence-electron chi connectivity index (χ0n) is 10.2. The highest BCUT2D eigenvalue weighted by Gasteiger charge is 2.10. The van der Waals surface area contributed by atoms with Crippen molar-refractivity contribution >= 4 is 39.3 Å². The quantitative estimate of drug-likeness (QED) is 0.759. The SMILES string of the molecule is Cc1nc(Sc2ncc(Cl)cc2Br)nc(C)c1C. The normalized spacial score (nSPS) is 10.7. The summed E-state index contributed by atoms with van der Waals surface area (Å²) in [6, 6.07) is 1.81. The number of rotatable bonds is 2. The van der Waals surface area contributed by atoms with Crippen molar-refractivity contribution in [2.75, 3.05) is 0 Å². The summed E-state index contributed by atoms with van der Waals surface area (Å²) in [4.78, 5) is 13.2. The molecule has 2 aromatic heterocycles. The number of pyridine rings is 1. The number of aryl methyl sites for hydroxylation is 2. The number of hydrogen-bond donors (Lipinski definition) is 0. The van der Waals surface area contributed by atoms with E-state index in [2.05, 4.69) is 30.9 Å². The fourth-order valence-electron chi connectivity index (χ4n) is 1.35. The van der Waals surface area contributed by atoms with E-state index in [0.717, 1.165) is 26.4 Å². The molecule has 0 aliphatic heterocycles. The lowest BCUT2D eigenvalue weighted by Crippen LogP contribution is -1.98. The Kier molecular flexibility index (Phi) is 4.25. The number of aromatic nitrogens is 3. The van der Waals surface area contributed by atoms with Gasteiger partial charge in [-0.3, -0.25) is 0 Å². The first-order chi connectivity index (χ1) is 8.47. The van der Waals surface area contributed by atoms with E-state index >= 15 is 0 Å². The fourth-order valence-corrected chi connectivity index (χ4v) is 3.03. The summed E-state index contributed by atoms with van der Waals surface area (Å²) >= 11 is 10.7. The third-order valence-corrected chi connectivity index (χ3v) is 4.53. The van der Waals surface area contributed by atoms with Gasteiger partial charge in [-0.25, -0.2) is 15.0 Å². The Bertz CT molecular complexity index is 581. The molecule has 0 bridgehead atoms. The lowest BCUT2D eigenvalue weighted by atomic mass is 10.2. The molecule has 0 unspecified atom stereocenters. The Morgan fingerprint density at radius 1 is 1.17 bits per heavy atom. The molecule has 2 heterocycles. The van der Waals surface area contributed by atoms with Crippen molar-refractivity contribution < 1.29 is 0 Å². The van der Waals surface area contributed by atoms with Crippen LogP contribution in [0.5, 0.6) is 0 Å². The van der Waals surface area contributed by atoms with Gasteiger partial charge in [0.25, 0.3) is 0 Å². The molecule has 0 aliphatic rings. The van der Waals surface area contributed by atoms with Crippen LogP contribution in [0.4, 0.5) is 0 Å². The number of hydrogen-bond acceptors (Lipinski definition) is 4. The molecule has 0 N–H and O–H groups in total. The van der Waals surface area contributed by atoms with Gasteiger partial charge in [0.1, 0.15) is 5.03 Å². The molecule has 2 rings (SSSR count). The lowest BCUT2D eigenvalue weighted by molar-refractivity contribution is 0.877. The van der Waals surface area contributed by atoms with Crippen LogP contribution in [0.1, 0.15) is 17.0 Å². The van der Waals surface area contributed by atoms with Crippen LogP contribution < -0.4 is 0 Å². The highest BCUT2D eigenvalue weighted by atomic mass is 79.9. The molecular weight excluding hydrogens is 334 g/mol. The van der Waals surface area contributed by atoms with Gasteiger partial charge < -0.3 is 0 Å². The van der Waals surface area contributed by atoms with Crippen LogP contribution in [0.15, 0.2) is 26.9 Å². The predicted molar refractivity (Wildman–Crippen MR) is 77.3 cm³/mol. The van der Waals surface area contributed by atoms with Gasteiger partial charge in [-0.2, -0.15) is 0 Å². The van der Waals surface area contributed by atoms with E-state index in [1.54, 1.807) is 6.20 Å². The van der Waals surface area contributed by atoms with Crippen LogP contribution in [0.2, 0.25) is 5.02 Å². The second kappa shape index (κ2) is 5.55. The van der Waals surface area contributed by atoms with Crippen LogP contribution in [-0.2, 0) is 0 Å². The minimum Gasteiger partial charge on any atom is -0.247 e. The average Bonchev–Trinajstić information content (AvgIpc) is 2.29. The molecule has 0 aliphatic carbocycles. The van der Waals surface area contributed by atoms with Crippen molar-refractivity contribution in [3.05, 3.63) is 38.7 Å². The van der Waals surface area contributed by atoms with Gasteiger partial charge in [-0.1, -0.05) is 11.6 Å². The van der Waals surface area contributed by atoms with E-state index in [1.165, 1.54) is 11.8 Å². The van der Waals surface area contributed by atoms with E-state index in [0.29, 0.717) is 10.2 Å². The second-order valence-electron chi connectivity index (χ2n) is 3.84. The second-order valence-corrected chi connectivity index (χ2v) is 6.09. The molecule has 18 heavy (non-hydrogen) atoms. The first-order valence-electron chi connectivity index (χ1n) is 5.28. The molecule has 0 aromatic carbocycles. The smallest absolute Gasteiger partial charge is 0.194 e. The lowest BCUT2D eigenvalue weighted by Gasteiger charge is -2.07. The minimum absolute atomic E-state index is 0.600. The molecular formula is C12H11BrClN3S. The summed E-state index contributed by atoms with van der Waals surface area (Å²) in [6.45, 7) is 5.99. The zero-order valence-corrected chi connectivity index (χ0v) is 13.3. The molecule has 0 fully saturated rings. The monoisotopic (exact) mass is 343 g/mol. The highest BCUT2D eigenvalue weighted by molar-refractivity contribution is 9.10. The molecule has 0 radical (unpaired) electrons. The Morgan fingerprint density at radius 3 is 2.33 bits per heavy atom. The molecule has 0 saturated heterocycles. The highest BCUT2D eigenvalue weighted by Crippen LogP contribution is 2.31. The van der Waals surface area contributed by atoms with Crippen molar-refractivity contribution in [1.29, 1.82) is 0 Å². The van der Waals surface area contributed by atoms with Gasteiger partial charge in [0.15, 0.2) is 5.16 Å². The Hall–Kier alpha value is -0.650. The Morgan fingerprint density at radius 2 is 1.78 bits per heavy atom. The summed E-state index contributed by atoms with van der Waals surface area (Å²) in [5, 5.41) is 2.11. The maximum absolute atomic E-state index is 5.86. The summed E-state index contributed by atoms with van der Waals surface area (Å²) in [6.07, 6.45) is 1.61. The van der Waals surface area contributed by atoms with Gasteiger partial charge >= 0.3 is 0 Å². The van der Waals surface area contributed by atoms with Gasteiger partial charge in [0.05, 0.1) is 9.50 Å². The number of halogens is 2. The van der Waals surface area contributed by atoms with Crippen LogP contribution >= 0.6 is 39.3 Å². The van der Waals surface area contributed by atoms with E-state index in [-0.39, 0.29) is 0 Å². The van der Waals surface area contributed by atoms with Crippen molar-refractivity contribution in [1.82, 2.24) is 15.0 Å². The van der Waals surface area contributed by atoms with Crippen molar-refractivity contribution in [3.8, 4) is 0 Å². The van der Waals surface area contributed by atoms with Crippen LogP contribution in [0, 0.1) is 20.8 Å². The van der Waals surface area contributed by atoms with E-state index in [1.807, 2.05) is 26.8 Å². The van der Waals surface area contributed by atoms with Crippen molar-refractivity contribution in [2.24, 2.45) is 0 Å². The van der Waals surface area contributed by atoms with Gasteiger partial charge in [-0.05, 0) is 60.1 Å². The summed E-state index contributed by atoms with van der Waals surface area (Å²) < 4.78 is 0.847. The topological polar surface area (TPSA) is 38.7 Å². The molecule has 94 valence electrons. The molecule has 2 aromatic rings. The average molecular weight is 345 g/mol. The Labute approximate surface area is 124 Å². The molecule has 0 spiro atoms. The third kappa shape index (κ3) is 3.02. The largest absolute Gasteiger partial charge is 0.247 e. The summed E-state index contributed by atoms with van der Waals surface area (Å²) in [7, 11) is 0.